The fourth-order valence-electron chi connectivity index (χ4n) is 5.19. The van der Waals surface area contributed by atoms with Crippen molar-refractivity contribution in [1.82, 2.24) is 19.4 Å². The van der Waals surface area contributed by atoms with E-state index in [9.17, 15) is 9.59 Å². The van der Waals surface area contributed by atoms with Gasteiger partial charge in [-0.05, 0) is 55.4 Å². The van der Waals surface area contributed by atoms with Crippen molar-refractivity contribution in [2.45, 2.75) is 51.9 Å². The maximum atomic E-state index is 11.8. The second-order valence-corrected chi connectivity index (χ2v) is 9.49. The SMILES string of the molecule is CC(=O)Nc1cc2c(cn1)c(C1CCN(C(C)=O)CC1)cn2-c1cc(C)cc(C2CCOC2)n1. The number of piperidine rings is 1. The van der Waals surface area contributed by atoms with Gasteiger partial charge in [0.15, 0.2) is 0 Å². The van der Waals surface area contributed by atoms with E-state index in [0.717, 1.165) is 66.9 Å². The number of likely N-dealkylation sites (tertiary alicyclic amines) is 1. The molecule has 8 nitrogen and oxygen atoms in total. The molecule has 8 heteroatoms. The zero-order chi connectivity index (χ0) is 23.8. The van der Waals surface area contributed by atoms with E-state index in [0.29, 0.717) is 24.3 Å². The molecule has 2 amide bonds. The first kappa shape index (κ1) is 22.5. The van der Waals surface area contributed by atoms with Crippen LogP contribution in [0.5, 0.6) is 0 Å². The highest BCUT2D eigenvalue weighted by Crippen LogP contribution is 2.36. The molecule has 0 aliphatic carbocycles. The zero-order valence-electron chi connectivity index (χ0n) is 20.0. The van der Waals surface area contributed by atoms with Gasteiger partial charge in [0, 0.05) is 69.0 Å². The molecule has 1 N–H and O–H groups in total. The first-order chi connectivity index (χ1) is 16.4. The van der Waals surface area contributed by atoms with Crippen LogP contribution in [-0.2, 0) is 14.3 Å². The van der Waals surface area contributed by atoms with E-state index in [1.807, 2.05) is 17.2 Å². The van der Waals surface area contributed by atoms with Crippen LogP contribution in [0.3, 0.4) is 0 Å². The van der Waals surface area contributed by atoms with Gasteiger partial charge in [-0.25, -0.2) is 9.97 Å². The molecule has 5 rings (SSSR count). The number of amides is 2. The van der Waals surface area contributed by atoms with Gasteiger partial charge in [-0.1, -0.05) is 0 Å². The Morgan fingerprint density at radius 2 is 1.88 bits per heavy atom. The van der Waals surface area contributed by atoms with Gasteiger partial charge < -0.3 is 19.5 Å². The molecule has 0 radical (unpaired) electrons. The molecule has 1 unspecified atom stereocenters. The summed E-state index contributed by atoms with van der Waals surface area (Å²) in [6, 6.07) is 6.17. The van der Waals surface area contributed by atoms with Crippen molar-refractivity contribution in [2.75, 3.05) is 31.6 Å². The lowest BCUT2D eigenvalue weighted by Gasteiger charge is -2.31. The Morgan fingerprint density at radius 3 is 2.56 bits per heavy atom. The third kappa shape index (κ3) is 4.42. The van der Waals surface area contributed by atoms with Gasteiger partial charge in [-0.15, -0.1) is 0 Å². The van der Waals surface area contributed by atoms with Gasteiger partial charge in [0.05, 0.1) is 12.1 Å². The molecule has 5 heterocycles. The van der Waals surface area contributed by atoms with Crippen molar-refractivity contribution >= 4 is 28.5 Å². The number of nitrogens with one attached hydrogen (secondary N) is 1. The summed E-state index contributed by atoms with van der Waals surface area (Å²) >= 11 is 0. The molecule has 178 valence electrons. The highest BCUT2D eigenvalue weighted by atomic mass is 16.5. The normalized spacial score (nSPS) is 19.0. The quantitative estimate of drug-likeness (QED) is 0.636. The molecule has 3 aromatic heterocycles. The topological polar surface area (TPSA) is 89.4 Å². The van der Waals surface area contributed by atoms with Crippen LogP contribution in [0.15, 0.2) is 30.6 Å². The number of aryl methyl sites for hydroxylation is 1. The molecule has 2 aliphatic rings. The number of rotatable bonds is 4. The zero-order valence-corrected chi connectivity index (χ0v) is 20.0. The number of carbonyl (C=O) groups excluding carboxylic acids is 2. The van der Waals surface area contributed by atoms with Crippen molar-refractivity contribution in [1.29, 1.82) is 0 Å². The van der Waals surface area contributed by atoms with E-state index in [1.54, 1.807) is 6.92 Å². The largest absolute Gasteiger partial charge is 0.381 e. The number of nitrogens with zero attached hydrogens (tertiary/aromatic N) is 4. The summed E-state index contributed by atoms with van der Waals surface area (Å²) < 4.78 is 7.73. The monoisotopic (exact) mass is 461 g/mol. The van der Waals surface area contributed by atoms with Crippen molar-refractivity contribution in [3.05, 3.63) is 47.4 Å². The standard InChI is InChI=1S/C26H31N5O3/c1-16-10-23(20-6-9-34-15-20)29-26(11-16)31-14-22(19-4-7-30(8-5-19)18(3)33)21-13-27-25(12-24(21)31)28-17(2)32/h10-14,19-20H,4-9,15H2,1-3H3,(H,27,28,32). The van der Waals surface area contributed by atoms with Crippen LogP contribution < -0.4 is 5.32 Å². The molecule has 0 aromatic carbocycles. The number of hydrogen-bond acceptors (Lipinski definition) is 5. The Morgan fingerprint density at radius 1 is 1.09 bits per heavy atom. The lowest BCUT2D eigenvalue weighted by molar-refractivity contribution is -0.129. The maximum Gasteiger partial charge on any atom is 0.222 e. The lowest BCUT2D eigenvalue weighted by atomic mass is 9.89. The fraction of sp³-hybridized carbons (Fsp3) is 0.462. The van der Waals surface area contributed by atoms with Gasteiger partial charge in [0.25, 0.3) is 0 Å². The summed E-state index contributed by atoms with van der Waals surface area (Å²) in [6.07, 6.45) is 6.84. The number of ether oxygens (including phenoxy) is 1. The van der Waals surface area contributed by atoms with Crippen molar-refractivity contribution in [3.63, 3.8) is 0 Å². The molecule has 0 bridgehead atoms. The van der Waals surface area contributed by atoms with Crippen LogP contribution in [0, 0.1) is 6.92 Å². The van der Waals surface area contributed by atoms with E-state index in [4.69, 9.17) is 9.72 Å². The van der Waals surface area contributed by atoms with Gasteiger partial charge in [-0.2, -0.15) is 0 Å². The van der Waals surface area contributed by atoms with Gasteiger partial charge in [-0.3, -0.25) is 9.59 Å². The van der Waals surface area contributed by atoms with Crippen molar-refractivity contribution in [2.24, 2.45) is 0 Å². The molecule has 1 atom stereocenters. The minimum Gasteiger partial charge on any atom is -0.381 e. The molecule has 0 spiro atoms. The number of aromatic nitrogens is 3. The number of pyridine rings is 2. The van der Waals surface area contributed by atoms with Crippen LogP contribution in [0.4, 0.5) is 5.82 Å². The lowest BCUT2D eigenvalue weighted by Crippen LogP contribution is -2.36. The first-order valence-electron chi connectivity index (χ1n) is 12.0. The third-order valence-electron chi connectivity index (χ3n) is 6.98. The average molecular weight is 462 g/mol. The van der Waals surface area contributed by atoms with Crippen LogP contribution in [0.2, 0.25) is 0 Å². The van der Waals surface area contributed by atoms with E-state index >= 15 is 0 Å². The molecule has 34 heavy (non-hydrogen) atoms. The van der Waals surface area contributed by atoms with Crippen LogP contribution in [-0.4, -0.2) is 57.6 Å². The summed E-state index contributed by atoms with van der Waals surface area (Å²) in [5.41, 5.74) is 4.40. The van der Waals surface area contributed by atoms with E-state index in [-0.39, 0.29) is 11.8 Å². The molecule has 2 fully saturated rings. The molecule has 3 aromatic rings. The highest BCUT2D eigenvalue weighted by Gasteiger charge is 2.26. The fourth-order valence-corrected chi connectivity index (χ4v) is 5.19. The predicted molar refractivity (Wildman–Crippen MR) is 130 cm³/mol. The minimum absolute atomic E-state index is 0.134. The predicted octanol–water partition coefficient (Wildman–Crippen LogP) is 3.92. The van der Waals surface area contributed by atoms with Gasteiger partial charge in [0.2, 0.25) is 11.8 Å². The summed E-state index contributed by atoms with van der Waals surface area (Å²) in [4.78, 5) is 34.9. The molecule has 2 saturated heterocycles. The van der Waals surface area contributed by atoms with E-state index in [2.05, 4.69) is 40.1 Å². The molecule has 0 saturated carbocycles. The Bertz CT molecular complexity index is 1240. The molecule has 2 aliphatic heterocycles. The average Bonchev–Trinajstić information content (AvgIpc) is 3.47. The highest BCUT2D eigenvalue weighted by molar-refractivity contribution is 5.92. The number of anilines is 1. The summed E-state index contributed by atoms with van der Waals surface area (Å²) in [5, 5.41) is 3.87. The maximum absolute atomic E-state index is 11.8. The van der Waals surface area contributed by atoms with Gasteiger partial charge in [0.1, 0.15) is 11.6 Å². The number of carbonyl (C=O) groups is 2. The van der Waals surface area contributed by atoms with Crippen LogP contribution >= 0.6 is 0 Å². The Balaban J connectivity index is 1.59. The van der Waals surface area contributed by atoms with E-state index in [1.165, 1.54) is 12.5 Å². The first-order valence-corrected chi connectivity index (χ1v) is 12.0. The summed E-state index contributed by atoms with van der Waals surface area (Å²) in [7, 11) is 0. The minimum atomic E-state index is -0.154. The molecular weight excluding hydrogens is 430 g/mol. The van der Waals surface area contributed by atoms with Gasteiger partial charge >= 0.3 is 0 Å². The van der Waals surface area contributed by atoms with Crippen LogP contribution in [0.1, 0.15) is 61.8 Å². The van der Waals surface area contributed by atoms with Crippen molar-refractivity contribution in [3.8, 4) is 5.82 Å². The Labute approximate surface area is 199 Å². The summed E-state index contributed by atoms with van der Waals surface area (Å²) in [6.45, 7) is 8.22. The number of hydrogen-bond donors (Lipinski definition) is 1. The third-order valence-corrected chi connectivity index (χ3v) is 6.98. The number of fused-ring (bicyclic) bond motifs is 1. The second-order valence-electron chi connectivity index (χ2n) is 9.49. The molecular formula is C26H31N5O3. The second kappa shape index (κ2) is 9.18. The Kier molecular flexibility index (Phi) is 6.08. The Hall–Kier alpha value is -3.26. The smallest absolute Gasteiger partial charge is 0.222 e. The van der Waals surface area contributed by atoms with Crippen LogP contribution in [0.25, 0.3) is 16.7 Å². The summed E-state index contributed by atoms with van der Waals surface area (Å²) in [5.74, 6) is 2.01. The van der Waals surface area contributed by atoms with E-state index < -0.39 is 0 Å². The van der Waals surface area contributed by atoms with Crippen molar-refractivity contribution < 1.29 is 14.3 Å².